The second-order valence-electron chi connectivity index (χ2n) is 7.25. The van der Waals surface area contributed by atoms with Crippen LogP contribution in [0.25, 0.3) is 5.57 Å². The van der Waals surface area contributed by atoms with Crippen LogP contribution in [0.5, 0.6) is 0 Å². The molecule has 148 valence electrons. The van der Waals surface area contributed by atoms with Gasteiger partial charge in [-0.15, -0.1) is 0 Å². The minimum absolute atomic E-state index is 0.0408. The van der Waals surface area contributed by atoms with Gasteiger partial charge in [0.15, 0.2) is 8.32 Å². The van der Waals surface area contributed by atoms with Crippen molar-refractivity contribution in [2.45, 2.75) is 97.4 Å². The van der Waals surface area contributed by atoms with Crippen LogP contribution >= 0.6 is 15.9 Å². The third-order valence-electron chi connectivity index (χ3n) is 6.10. The molecule has 0 amide bonds. The molecule has 0 aromatic carbocycles. The van der Waals surface area contributed by atoms with Crippen molar-refractivity contribution in [1.82, 2.24) is 4.98 Å². The maximum Gasteiger partial charge on any atom is 0.192 e. The first-order valence-corrected chi connectivity index (χ1v) is 13.8. The number of aromatic nitrogens is 1. The lowest BCUT2D eigenvalue weighted by Gasteiger charge is -2.42. The van der Waals surface area contributed by atoms with Crippen LogP contribution in [0.4, 0.5) is 0 Å². The number of hydrogen-bond acceptors (Lipinski definition) is 2. The summed E-state index contributed by atoms with van der Waals surface area (Å²) in [6.07, 6.45) is 11.6. The average Bonchev–Trinajstić information content (AvgIpc) is 2.68. The molecule has 0 aliphatic heterocycles. The molecular weight excluding hydrogens is 402 g/mol. The van der Waals surface area contributed by atoms with Crippen molar-refractivity contribution in [2.75, 3.05) is 0 Å². The molecule has 0 fully saturated rings. The molecule has 0 bridgehead atoms. The summed E-state index contributed by atoms with van der Waals surface area (Å²) in [6, 6.07) is 5.83. The van der Waals surface area contributed by atoms with Gasteiger partial charge in [0, 0.05) is 16.9 Å². The number of allylic oxidation sites excluding steroid dienone is 2. The molecule has 0 saturated heterocycles. The molecule has 26 heavy (non-hydrogen) atoms. The Balaban J connectivity index is 2.93. The van der Waals surface area contributed by atoms with Crippen LogP contribution in [0, 0.1) is 0 Å². The van der Waals surface area contributed by atoms with Crippen LogP contribution in [-0.2, 0) is 4.43 Å². The number of hydrogen-bond donors (Lipinski definition) is 0. The van der Waals surface area contributed by atoms with Crippen LogP contribution in [-0.4, -0.2) is 18.9 Å². The molecule has 0 atom stereocenters. The molecule has 0 aliphatic carbocycles. The first kappa shape index (κ1) is 23.6. The molecule has 0 spiro atoms. The molecule has 1 heterocycles. The predicted octanol–water partition coefficient (Wildman–Crippen LogP) is 8.00. The topological polar surface area (TPSA) is 22.1 Å². The van der Waals surface area contributed by atoms with Gasteiger partial charge in [0.1, 0.15) is 0 Å². The van der Waals surface area contributed by atoms with Gasteiger partial charge < -0.3 is 4.43 Å². The normalized spacial score (nSPS) is 13.3. The van der Waals surface area contributed by atoms with Gasteiger partial charge in [-0.3, -0.25) is 4.98 Å². The monoisotopic (exact) mass is 439 g/mol. The van der Waals surface area contributed by atoms with Crippen molar-refractivity contribution in [3.05, 3.63) is 34.6 Å². The van der Waals surface area contributed by atoms with E-state index in [4.69, 9.17) is 4.43 Å². The van der Waals surface area contributed by atoms with E-state index < -0.39 is 8.32 Å². The van der Waals surface area contributed by atoms with Crippen LogP contribution < -0.4 is 0 Å². The standard InChI is InChI=1S/C22H38BrNOSi/c1-7-19(20-16-21(23)18-24-17-20)14-13-15-22(8-2,9-3)25-26(10-4,11-5)12-6/h14,16-18H,7-13,15H2,1-6H3. The molecule has 1 rings (SSSR count). The second kappa shape index (κ2) is 11.4. The maximum atomic E-state index is 7.00. The van der Waals surface area contributed by atoms with Gasteiger partial charge in [0.25, 0.3) is 0 Å². The third kappa shape index (κ3) is 6.31. The minimum atomic E-state index is -1.59. The van der Waals surface area contributed by atoms with Gasteiger partial charge in [-0.05, 0) is 83.4 Å². The van der Waals surface area contributed by atoms with E-state index in [9.17, 15) is 0 Å². The zero-order chi connectivity index (χ0) is 19.6. The first-order chi connectivity index (χ1) is 12.4. The maximum absolute atomic E-state index is 7.00. The highest BCUT2D eigenvalue weighted by Gasteiger charge is 2.38. The van der Waals surface area contributed by atoms with Crippen molar-refractivity contribution < 1.29 is 4.43 Å². The zero-order valence-electron chi connectivity index (χ0n) is 17.7. The number of halogens is 1. The lowest BCUT2D eigenvalue weighted by Crippen LogP contribution is -2.46. The molecule has 0 saturated carbocycles. The predicted molar refractivity (Wildman–Crippen MR) is 121 cm³/mol. The summed E-state index contributed by atoms with van der Waals surface area (Å²) in [7, 11) is -1.59. The van der Waals surface area contributed by atoms with E-state index in [1.165, 1.54) is 29.3 Å². The average molecular weight is 441 g/mol. The van der Waals surface area contributed by atoms with Crippen LogP contribution in [0.2, 0.25) is 18.1 Å². The Labute approximate surface area is 171 Å². The fourth-order valence-corrected chi connectivity index (χ4v) is 7.40. The van der Waals surface area contributed by atoms with Crippen molar-refractivity contribution in [1.29, 1.82) is 0 Å². The lowest BCUT2D eigenvalue weighted by atomic mass is 9.91. The van der Waals surface area contributed by atoms with Crippen LogP contribution in [0.15, 0.2) is 29.0 Å². The Hall–Kier alpha value is -0.453. The van der Waals surface area contributed by atoms with E-state index in [1.807, 2.05) is 12.4 Å². The molecule has 0 aliphatic rings. The highest BCUT2D eigenvalue weighted by atomic mass is 79.9. The Morgan fingerprint density at radius 2 is 1.69 bits per heavy atom. The number of rotatable bonds is 12. The smallest absolute Gasteiger partial charge is 0.192 e. The van der Waals surface area contributed by atoms with Crippen molar-refractivity contribution in [3.63, 3.8) is 0 Å². The van der Waals surface area contributed by atoms with Gasteiger partial charge in [-0.25, -0.2) is 0 Å². The second-order valence-corrected chi connectivity index (χ2v) is 12.9. The Bertz CT molecular complexity index is 557. The van der Waals surface area contributed by atoms with Gasteiger partial charge in [-0.1, -0.05) is 47.6 Å². The van der Waals surface area contributed by atoms with Gasteiger partial charge in [-0.2, -0.15) is 0 Å². The molecule has 0 radical (unpaired) electrons. The molecule has 0 N–H and O–H groups in total. The molecule has 2 nitrogen and oxygen atoms in total. The van der Waals surface area contributed by atoms with E-state index in [-0.39, 0.29) is 5.60 Å². The minimum Gasteiger partial charge on any atom is -0.411 e. The summed E-state index contributed by atoms with van der Waals surface area (Å²) in [5, 5.41) is 0. The number of nitrogens with zero attached hydrogens (tertiary/aromatic N) is 1. The van der Waals surface area contributed by atoms with Gasteiger partial charge in [0.05, 0.1) is 5.60 Å². The highest BCUT2D eigenvalue weighted by Crippen LogP contribution is 2.35. The Kier molecular flexibility index (Phi) is 10.3. The van der Waals surface area contributed by atoms with Crippen molar-refractivity contribution >= 4 is 29.8 Å². The summed E-state index contributed by atoms with van der Waals surface area (Å²) >= 11 is 3.53. The van der Waals surface area contributed by atoms with Crippen molar-refractivity contribution in [2.24, 2.45) is 0 Å². The van der Waals surface area contributed by atoms with E-state index in [1.54, 1.807) is 0 Å². The summed E-state index contributed by atoms with van der Waals surface area (Å²) in [5.41, 5.74) is 2.64. The summed E-state index contributed by atoms with van der Waals surface area (Å²) < 4.78 is 8.04. The molecule has 4 heteroatoms. The molecule has 1 aromatic heterocycles. The Morgan fingerprint density at radius 1 is 1.08 bits per heavy atom. The number of pyridine rings is 1. The fourth-order valence-electron chi connectivity index (χ4n) is 3.79. The molecule has 1 aromatic rings. The lowest BCUT2D eigenvalue weighted by molar-refractivity contribution is 0.0397. The largest absolute Gasteiger partial charge is 0.411 e. The fraction of sp³-hybridized carbons (Fsp3) is 0.682. The quantitative estimate of drug-likeness (QED) is 0.307. The zero-order valence-corrected chi connectivity index (χ0v) is 20.3. The summed E-state index contributed by atoms with van der Waals surface area (Å²) in [5.74, 6) is 0. The first-order valence-electron chi connectivity index (χ1n) is 10.4. The summed E-state index contributed by atoms with van der Waals surface area (Å²) in [6.45, 7) is 13.8. The Morgan fingerprint density at radius 3 is 2.15 bits per heavy atom. The molecule has 0 unspecified atom stereocenters. The van der Waals surface area contributed by atoms with E-state index in [2.05, 4.69) is 74.6 Å². The van der Waals surface area contributed by atoms with E-state index in [0.717, 1.165) is 36.6 Å². The van der Waals surface area contributed by atoms with Crippen LogP contribution in [0.1, 0.15) is 79.2 Å². The van der Waals surface area contributed by atoms with E-state index in [0.29, 0.717) is 0 Å². The van der Waals surface area contributed by atoms with Gasteiger partial charge in [0.2, 0.25) is 0 Å². The highest BCUT2D eigenvalue weighted by molar-refractivity contribution is 9.10. The van der Waals surface area contributed by atoms with Crippen LogP contribution in [0.3, 0.4) is 0 Å². The third-order valence-corrected chi connectivity index (χ3v) is 11.3. The SMILES string of the molecule is CCC(=CCCC(CC)(CC)O[Si](CC)(CC)CC)c1cncc(Br)c1. The van der Waals surface area contributed by atoms with Gasteiger partial charge >= 0.3 is 0 Å². The van der Waals surface area contributed by atoms with E-state index >= 15 is 0 Å². The summed E-state index contributed by atoms with van der Waals surface area (Å²) in [4.78, 5) is 4.32. The molecular formula is C22H38BrNOSi. The van der Waals surface area contributed by atoms with Crippen molar-refractivity contribution in [3.8, 4) is 0 Å².